The molecule has 0 saturated heterocycles. The first kappa shape index (κ1) is 11.0. The molecular formula is C9H13N5O. The molecule has 1 rings (SSSR count). The van der Waals surface area contributed by atoms with Crippen LogP contribution in [0.2, 0.25) is 0 Å². The van der Waals surface area contributed by atoms with Gasteiger partial charge in [-0.15, -0.1) is 0 Å². The van der Waals surface area contributed by atoms with E-state index in [0.717, 1.165) is 5.56 Å². The molecule has 0 aromatic heterocycles. The number of hydrogen-bond acceptors (Lipinski definition) is 2. The van der Waals surface area contributed by atoms with Gasteiger partial charge in [-0.3, -0.25) is 0 Å². The van der Waals surface area contributed by atoms with Crippen molar-refractivity contribution in [3.05, 3.63) is 29.8 Å². The molecule has 0 unspecified atom stereocenters. The van der Waals surface area contributed by atoms with Crippen molar-refractivity contribution in [2.75, 3.05) is 0 Å². The van der Waals surface area contributed by atoms with Crippen LogP contribution in [0.25, 0.3) is 0 Å². The van der Waals surface area contributed by atoms with Crippen LogP contribution in [0.5, 0.6) is 0 Å². The van der Waals surface area contributed by atoms with Gasteiger partial charge in [-0.25, -0.2) is 4.99 Å². The van der Waals surface area contributed by atoms with Gasteiger partial charge in [-0.05, 0) is 17.7 Å². The van der Waals surface area contributed by atoms with E-state index in [2.05, 4.69) is 9.98 Å². The van der Waals surface area contributed by atoms with Crippen LogP contribution in [0.1, 0.15) is 5.56 Å². The molecule has 0 heterocycles. The standard InChI is InChI=1S/C9H13N5O/c10-8(11)14-9(12)13-7-3-1-2-6(4-7)5-15/h1-4,15H,5H2,(H6,10,11,12,13,14). The van der Waals surface area contributed by atoms with E-state index in [1.165, 1.54) is 0 Å². The van der Waals surface area contributed by atoms with Gasteiger partial charge in [0.15, 0.2) is 5.96 Å². The van der Waals surface area contributed by atoms with E-state index in [9.17, 15) is 0 Å². The minimum atomic E-state index is -0.144. The summed E-state index contributed by atoms with van der Waals surface area (Å²) >= 11 is 0. The number of benzene rings is 1. The van der Waals surface area contributed by atoms with Crippen molar-refractivity contribution in [2.45, 2.75) is 6.61 Å². The van der Waals surface area contributed by atoms with Gasteiger partial charge in [0, 0.05) is 0 Å². The fourth-order valence-electron chi connectivity index (χ4n) is 1.01. The number of aliphatic hydroxyl groups is 1. The molecule has 6 nitrogen and oxygen atoms in total. The topological polar surface area (TPSA) is 123 Å². The van der Waals surface area contributed by atoms with E-state index in [-0.39, 0.29) is 18.5 Å². The molecule has 0 aliphatic heterocycles. The average molecular weight is 207 g/mol. The molecular weight excluding hydrogens is 194 g/mol. The summed E-state index contributed by atoms with van der Waals surface area (Å²) in [6.07, 6.45) is 0. The van der Waals surface area contributed by atoms with E-state index >= 15 is 0 Å². The molecule has 0 aliphatic rings. The van der Waals surface area contributed by atoms with Crippen molar-refractivity contribution in [2.24, 2.45) is 27.2 Å². The Kier molecular flexibility index (Phi) is 3.64. The molecule has 0 atom stereocenters. The molecule has 80 valence electrons. The third kappa shape index (κ3) is 3.65. The molecule has 0 aliphatic carbocycles. The maximum atomic E-state index is 8.89. The molecule has 7 N–H and O–H groups in total. The number of nitrogens with two attached hydrogens (primary N) is 3. The first-order valence-electron chi connectivity index (χ1n) is 4.25. The van der Waals surface area contributed by atoms with Crippen LogP contribution in [0.3, 0.4) is 0 Å². The van der Waals surface area contributed by atoms with E-state index in [1.54, 1.807) is 24.3 Å². The zero-order valence-corrected chi connectivity index (χ0v) is 8.09. The normalized spacial score (nSPS) is 11.1. The molecule has 0 fully saturated rings. The molecule has 0 radical (unpaired) electrons. The second-order valence-electron chi connectivity index (χ2n) is 2.83. The van der Waals surface area contributed by atoms with Crippen molar-refractivity contribution in [1.29, 1.82) is 0 Å². The first-order chi connectivity index (χ1) is 7.11. The van der Waals surface area contributed by atoms with Crippen LogP contribution < -0.4 is 17.2 Å². The molecule has 0 spiro atoms. The minimum absolute atomic E-state index is 0.0231. The Labute approximate surface area is 87.1 Å². The molecule has 15 heavy (non-hydrogen) atoms. The van der Waals surface area contributed by atoms with Gasteiger partial charge in [0.25, 0.3) is 0 Å². The van der Waals surface area contributed by atoms with E-state index in [1.807, 2.05) is 0 Å². The Morgan fingerprint density at radius 2 is 2.00 bits per heavy atom. The summed E-state index contributed by atoms with van der Waals surface area (Å²) < 4.78 is 0. The predicted octanol–water partition coefficient (Wildman–Crippen LogP) is -0.601. The van der Waals surface area contributed by atoms with Crippen molar-refractivity contribution in [3.63, 3.8) is 0 Å². The molecule has 0 saturated carbocycles. The van der Waals surface area contributed by atoms with Crippen molar-refractivity contribution in [3.8, 4) is 0 Å². The quantitative estimate of drug-likeness (QED) is 0.382. The van der Waals surface area contributed by atoms with Gasteiger partial charge in [-0.1, -0.05) is 12.1 Å². The number of hydrogen-bond donors (Lipinski definition) is 4. The Hall–Kier alpha value is -2.08. The maximum absolute atomic E-state index is 8.89. The maximum Gasteiger partial charge on any atom is 0.223 e. The molecule has 1 aromatic carbocycles. The summed E-state index contributed by atoms with van der Waals surface area (Å²) in [5, 5.41) is 8.89. The molecule has 6 heteroatoms. The smallest absolute Gasteiger partial charge is 0.223 e. The van der Waals surface area contributed by atoms with Crippen LogP contribution in [0.15, 0.2) is 34.3 Å². The lowest BCUT2D eigenvalue weighted by atomic mass is 10.2. The Morgan fingerprint density at radius 3 is 2.60 bits per heavy atom. The summed E-state index contributed by atoms with van der Waals surface area (Å²) in [6.45, 7) is -0.0500. The first-order valence-corrected chi connectivity index (χ1v) is 4.25. The fourth-order valence-corrected chi connectivity index (χ4v) is 1.01. The van der Waals surface area contributed by atoms with Crippen LogP contribution in [0.4, 0.5) is 5.69 Å². The lowest BCUT2D eigenvalue weighted by Crippen LogP contribution is -2.26. The van der Waals surface area contributed by atoms with Gasteiger partial charge in [0.2, 0.25) is 5.96 Å². The summed E-state index contributed by atoms with van der Waals surface area (Å²) in [7, 11) is 0. The second kappa shape index (κ2) is 4.97. The average Bonchev–Trinajstić information content (AvgIpc) is 2.16. The van der Waals surface area contributed by atoms with Gasteiger partial charge in [-0.2, -0.15) is 4.99 Å². The SMILES string of the molecule is NC(N)=NC(N)=Nc1cccc(CO)c1. The van der Waals surface area contributed by atoms with Crippen molar-refractivity contribution < 1.29 is 5.11 Å². The lowest BCUT2D eigenvalue weighted by Gasteiger charge is -1.98. The third-order valence-electron chi connectivity index (χ3n) is 1.58. The van der Waals surface area contributed by atoms with E-state index < -0.39 is 0 Å². The largest absolute Gasteiger partial charge is 0.392 e. The fraction of sp³-hybridized carbons (Fsp3) is 0.111. The second-order valence-corrected chi connectivity index (χ2v) is 2.83. The molecule has 1 aromatic rings. The number of guanidine groups is 2. The van der Waals surface area contributed by atoms with Gasteiger partial charge in [0.1, 0.15) is 0 Å². The minimum Gasteiger partial charge on any atom is -0.392 e. The lowest BCUT2D eigenvalue weighted by molar-refractivity contribution is 0.282. The van der Waals surface area contributed by atoms with Gasteiger partial charge < -0.3 is 22.3 Å². The van der Waals surface area contributed by atoms with E-state index in [0.29, 0.717) is 5.69 Å². The van der Waals surface area contributed by atoms with Crippen LogP contribution in [-0.2, 0) is 6.61 Å². The highest BCUT2D eigenvalue weighted by atomic mass is 16.3. The highest BCUT2D eigenvalue weighted by Crippen LogP contribution is 2.13. The summed E-state index contributed by atoms with van der Waals surface area (Å²) in [4.78, 5) is 7.51. The van der Waals surface area contributed by atoms with Crippen LogP contribution >= 0.6 is 0 Å². The van der Waals surface area contributed by atoms with Crippen LogP contribution in [-0.4, -0.2) is 17.0 Å². The van der Waals surface area contributed by atoms with E-state index in [4.69, 9.17) is 22.3 Å². The van der Waals surface area contributed by atoms with Crippen molar-refractivity contribution >= 4 is 17.6 Å². The molecule has 0 bridgehead atoms. The van der Waals surface area contributed by atoms with Gasteiger partial charge >= 0.3 is 0 Å². The van der Waals surface area contributed by atoms with Crippen molar-refractivity contribution in [1.82, 2.24) is 0 Å². The van der Waals surface area contributed by atoms with Crippen LogP contribution in [0, 0.1) is 0 Å². The Bertz CT molecular complexity index is 395. The predicted molar refractivity (Wildman–Crippen MR) is 59.5 cm³/mol. The van der Waals surface area contributed by atoms with Gasteiger partial charge in [0.05, 0.1) is 12.3 Å². The zero-order chi connectivity index (χ0) is 11.3. The monoisotopic (exact) mass is 207 g/mol. The summed E-state index contributed by atoms with van der Waals surface area (Å²) in [5.74, 6) is -0.167. The Balaban J connectivity index is 2.92. The number of nitrogens with zero attached hydrogens (tertiary/aromatic N) is 2. The summed E-state index contributed by atoms with van der Waals surface area (Å²) in [6, 6.07) is 6.95. The number of aliphatic hydroxyl groups excluding tert-OH is 1. The zero-order valence-electron chi connectivity index (χ0n) is 8.09. The molecule has 0 amide bonds. The summed E-state index contributed by atoms with van der Waals surface area (Å²) in [5.41, 5.74) is 17.0. The third-order valence-corrected chi connectivity index (χ3v) is 1.58. The Morgan fingerprint density at radius 1 is 1.27 bits per heavy atom. The highest BCUT2D eigenvalue weighted by molar-refractivity contribution is 5.93. The number of aliphatic imine (C=N–C) groups is 2. The number of rotatable bonds is 2. The highest BCUT2D eigenvalue weighted by Gasteiger charge is 1.94.